The van der Waals surface area contributed by atoms with Crippen LogP contribution in [0.5, 0.6) is 0 Å². The molecule has 9 heavy (non-hydrogen) atoms. The lowest BCUT2D eigenvalue weighted by Gasteiger charge is -2.21. The zero-order valence-corrected chi connectivity index (χ0v) is 6.77. The van der Waals surface area contributed by atoms with E-state index in [9.17, 15) is 4.57 Å². The van der Waals surface area contributed by atoms with Gasteiger partial charge in [0.15, 0.2) is 4.61 Å². The van der Waals surface area contributed by atoms with Crippen LogP contribution >= 0.6 is 20.2 Å². The minimum absolute atomic E-state index is 0.139. The highest BCUT2D eigenvalue weighted by molar-refractivity contribution is 7.90. The molecule has 0 saturated heterocycles. The Morgan fingerprint density at radius 1 is 1.78 bits per heavy atom. The second-order valence-electron chi connectivity index (χ2n) is 1.78. The van der Waals surface area contributed by atoms with Crippen molar-refractivity contribution < 1.29 is 14.4 Å². The summed E-state index contributed by atoms with van der Waals surface area (Å²) in [6, 6.07) is 0. The Bertz CT molecular complexity index is 142. The van der Waals surface area contributed by atoms with E-state index in [0.717, 1.165) is 0 Å². The van der Waals surface area contributed by atoms with Crippen LogP contribution in [0, 0.1) is 0 Å². The zero-order chi connectivity index (χ0) is 7.71. The summed E-state index contributed by atoms with van der Waals surface area (Å²) in [6.45, 7) is 1.56. The molecule has 0 bridgehead atoms. The van der Waals surface area contributed by atoms with Crippen molar-refractivity contribution in [1.82, 2.24) is 0 Å². The van der Waals surface area contributed by atoms with Crippen molar-refractivity contribution in [3.8, 4) is 0 Å². The van der Waals surface area contributed by atoms with E-state index in [2.05, 4.69) is 12.6 Å². The second kappa shape index (κ2) is 2.60. The van der Waals surface area contributed by atoms with Crippen LogP contribution in [0.3, 0.4) is 0 Å². The van der Waals surface area contributed by atoms with Gasteiger partial charge in [0.25, 0.3) is 0 Å². The first-order chi connectivity index (χ1) is 3.81. The molecule has 0 aromatic heterocycles. The monoisotopic (exact) mass is 171 g/mol. The number of hydrogen-bond acceptors (Lipinski definition) is 3. The maximum absolute atomic E-state index is 10.4. The molecule has 4 N–H and O–H groups in total. The van der Waals surface area contributed by atoms with Crippen molar-refractivity contribution in [1.29, 1.82) is 0 Å². The third kappa shape index (κ3) is 2.27. The van der Waals surface area contributed by atoms with E-state index < -0.39 is 12.2 Å². The predicted octanol–water partition coefficient (Wildman–Crippen LogP) is 0.116. The average Bonchev–Trinajstić information content (AvgIpc) is 1.64. The number of thiol groups is 1. The third-order valence-corrected chi connectivity index (χ3v) is 3.45. The molecule has 0 aliphatic carbocycles. The van der Waals surface area contributed by atoms with Gasteiger partial charge < -0.3 is 15.5 Å². The molecule has 56 valence electrons. The van der Waals surface area contributed by atoms with E-state index in [1.165, 1.54) is 0 Å². The molecule has 0 aromatic carbocycles. The Morgan fingerprint density at radius 2 is 2.11 bits per heavy atom. The van der Waals surface area contributed by atoms with Crippen molar-refractivity contribution in [3.63, 3.8) is 0 Å². The van der Waals surface area contributed by atoms with E-state index in [1.807, 2.05) is 0 Å². The van der Waals surface area contributed by atoms with Crippen LogP contribution in [0.1, 0.15) is 13.3 Å². The lowest BCUT2D eigenvalue weighted by atomic mass is 10.5. The summed E-state index contributed by atoms with van der Waals surface area (Å²) >= 11 is 3.58. The molecule has 0 saturated carbocycles. The van der Waals surface area contributed by atoms with Gasteiger partial charge in [0.1, 0.15) is 0 Å². The maximum Gasteiger partial charge on any atom is 0.355 e. The van der Waals surface area contributed by atoms with Crippen molar-refractivity contribution in [2.75, 3.05) is 0 Å². The topological polar surface area (TPSA) is 83.6 Å². The first-order valence-corrected chi connectivity index (χ1v) is 4.44. The predicted molar refractivity (Wildman–Crippen MR) is 38.2 cm³/mol. The highest BCUT2D eigenvalue weighted by atomic mass is 32.1. The molecule has 0 amide bonds. The van der Waals surface area contributed by atoms with Crippen LogP contribution in [0.15, 0.2) is 0 Å². The Labute approximate surface area is 59.0 Å². The smallest absolute Gasteiger partial charge is 0.323 e. The van der Waals surface area contributed by atoms with Crippen LogP contribution < -0.4 is 5.73 Å². The summed E-state index contributed by atoms with van der Waals surface area (Å²) in [5.41, 5.74) is 5.09. The Morgan fingerprint density at radius 3 is 2.11 bits per heavy atom. The summed E-state index contributed by atoms with van der Waals surface area (Å²) < 4.78 is 8.72. The van der Waals surface area contributed by atoms with Crippen molar-refractivity contribution in [2.45, 2.75) is 18.0 Å². The minimum Gasteiger partial charge on any atom is -0.323 e. The molecule has 6 heteroatoms. The largest absolute Gasteiger partial charge is 0.355 e. The first kappa shape index (κ1) is 9.46. The summed E-state index contributed by atoms with van der Waals surface area (Å²) in [7, 11) is -4.23. The van der Waals surface area contributed by atoms with Crippen molar-refractivity contribution in [3.05, 3.63) is 0 Å². The van der Waals surface area contributed by atoms with E-state index in [0.29, 0.717) is 0 Å². The highest BCUT2D eigenvalue weighted by Crippen LogP contribution is 2.50. The fourth-order valence-corrected chi connectivity index (χ4v) is 0.618. The molecular formula is C3H10NO3PS. The molecule has 1 unspecified atom stereocenters. The summed E-state index contributed by atoms with van der Waals surface area (Å²) in [5.74, 6) is 0. The molecule has 1 atom stereocenters. The molecule has 4 nitrogen and oxygen atoms in total. The van der Waals surface area contributed by atoms with Crippen LogP contribution in [0.2, 0.25) is 0 Å². The third-order valence-electron chi connectivity index (χ3n) is 1.02. The molecular weight excluding hydrogens is 161 g/mol. The fraction of sp³-hybridized carbons (Fsp3) is 1.00. The van der Waals surface area contributed by atoms with Gasteiger partial charge in [-0.2, -0.15) is 0 Å². The first-order valence-electron chi connectivity index (χ1n) is 2.38. The number of hydrogen-bond donors (Lipinski definition) is 4. The quantitative estimate of drug-likeness (QED) is 0.270. The van der Waals surface area contributed by atoms with Gasteiger partial charge in [-0.25, -0.2) is 0 Å². The summed E-state index contributed by atoms with van der Waals surface area (Å²) in [4.78, 5) is 16.9. The van der Waals surface area contributed by atoms with Gasteiger partial charge in [0.05, 0.1) is 0 Å². The molecule has 0 radical (unpaired) electrons. The molecule has 0 spiro atoms. The van der Waals surface area contributed by atoms with Gasteiger partial charge in [-0.1, -0.05) is 6.92 Å². The van der Waals surface area contributed by atoms with Crippen molar-refractivity contribution >= 4 is 20.2 Å². The number of rotatable bonds is 2. The zero-order valence-electron chi connectivity index (χ0n) is 4.98. The normalized spacial score (nSPS) is 19.2. The number of nitrogens with two attached hydrogens (primary N) is 1. The average molecular weight is 171 g/mol. The SMILES string of the molecule is CCC(N)(S)P(=O)(O)O. The lowest BCUT2D eigenvalue weighted by molar-refractivity contribution is 0.350. The standard InChI is InChI=1S/C3H10NO3PS/c1-2-3(4,9)8(5,6)7/h9H,2,4H2,1H3,(H2,5,6,7). The Kier molecular flexibility index (Phi) is 2.73. The molecule has 0 rings (SSSR count). The van der Waals surface area contributed by atoms with Gasteiger partial charge >= 0.3 is 7.60 Å². The summed E-state index contributed by atoms with van der Waals surface area (Å²) in [5, 5.41) is 0. The van der Waals surface area contributed by atoms with Crippen LogP contribution in [0.25, 0.3) is 0 Å². The Balaban J connectivity index is 4.34. The maximum atomic E-state index is 10.4. The summed E-state index contributed by atoms with van der Waals surface area (Å²) in [6.07, 6.45) is 0.139. The van der Waals surface area contributed by atoms with E-state index in [-0.39, 0.29) is 6.42 Å². The Hall–Kier alpha value is 0.460. The second-order valence-corrected chi connectivity index (χ2v) is 4.81. The lowest BCUT2D eigenvalue weighted by Crippen LogP contribution is -2.31. The van der Waals surface area contributed by atoms with Gasteiger partial charge in [0, 0.05) is 0 Å². The fourth-order valence-electron chi connectivity index (χ4n) is 0.206. The van der Waals surface area contributed by atoms with Gasteiger partial charge in [-0.15, -0.1) is 12.6 Å². The van der Waals surface area contributed by atoms with Crippen molar-refractivity contribution in [2.24, 2.45) is 5.73 Å². The molecule has 0 heterocycles. The highest BCUT2D eigenvalue weighted by Gasteiger charge is 2.37. The minimum atomic E-state index is -4.23. The van der Waals surface area contributed by atoms with Gasteiger partial charge in [-0.3, -0.25) is 4.57 Å². The molecule has 0 aliphatic heterocycles. The molecule has 0 fully saturated rings. The van der Waals surface area contributed by atoms with E-state index >= 15 is 0 Å². The molecule has 0 aliphatic rings. The van der Waals surface area contributed by atoms with Crippen LogP contribution in [-0.4, -0.2) is 14.4 Å². The molecule has 0 aromatic rings. The van der Waals surface area contributed by atoms with E-state index in [4.69, 9.17) is 15.5 Å². The van der Waals surface area contributed by atoms with Gasteiger partial charge in [0.2, 0.25) is 0 Å². The van der Waals surface area contributed by atoms with Crippen LogP contribution in [-0.2, 0) is 4.57 Å². The van der Waals surface area contributed by atoms with Crippen LogP contribution in [0.4, 0.5) is 0 Å². The van der Waals surface area contributed by atoms with E-state index in [1.54, 1.807) is 6.92 Å². The van der Waals surface area contributed by atoms with Gasteiger partial charge in [-0.05, 0) is 6.42 Å².